The predicted molar refractivity (Wildman–Crippen MR) is 95.7 cm³/mol. The average Bonchev–Trinajstić information content (AvgIpc) is 2.82. The van der Waals surface area contributed by atoms with Gasteiger partial charge in [0.1, 0.15) is 12.3 Å². The highest BCUT2D eigenvalue weighted by molar-refractivity contribution is 8.18. The molecular weight excluding hydrogens is 384 g/mol. The van der Waals surface area contributed by atoms with Crippen molar-refractivity contribution < 1.29 is 29.4 Å². The molecule has 0 unspecified atom stereocenters. The van der Waals surface area contributed by atoms with Gasteiger partial charge in [0.15, 0.2) is 0 Å². The fraction of sp³-hybridized carbons (Fsp3) is 0.250. The average molecular weight is 399 g/mol. The normalized spacial score (nSPS) is 15.6. The van der Waals surface area contributed by atoms with E-state index in [4.69, 9.17) is 16.7 Å². The van der Waals surface area contributed by atoms with Crippen molar-refractivity contribution in [2.45, 2.75) is 12.8 Å². The molecule has 8 nitrogen and oxygen atoms in total. The zero-order valence-corrected chi connectivity index (χ0v) is 15.0. The number of phenolic OH excluding ortho intramolecular Hbond substituents is 1. The quantitative estimate of drug-likeness (QED) is 0.474. The number of nitrogens with zero attached hydrogens (tertiary/aromatic N) is 1. The molecule has 1 fully saturated rings. The second kappa shape index (κ2) is 8.72. The van der Waals surface area contributed by atoms with E-state index in [-0.39, 0.29) is 35.6 Å². The molecular formula is C16H15ClN2O6S. The van der Waals surface area contributed by atoms with Crippen molar-refractivity contribution in [3.05, 3.63) is 33.7 Å². The molecule has 3 N–H and O–H groups in total. The second-order valence-corrected chi connectivity index (χ2v) is 6.75. The highest BCUT2D eigenvalue weighted by Gasteiger charge is 2.36. The summed E-state index contributed by atoms with van der Waals surface area (Å²) in [4.78, 5) is 47.3. The maximum Gasteiger partial charge on any atom is 0.303 e. The highest BCUT2D eigenvalue weighted by Crippen LogP contribution is 2.34. The van der Waals surface area contributed by atoms with E-state index in [1.807, 2.05) is 0 Å². The van der Waals surface area contributed by atoms with Crippen LogP contribution in [0.3, 0.4) is 0 Å². The number of thioether (sulfide) groups is 1. The number of hydrogen-bond acceptors (Lipinski definition) is 6. The SMILES string of the molecule is O=C(O)CCCNC(=O)CN1C(=O)S/C(=C\c2cc(Cl)ccc2O)C1=O. The van der Waals surface area contributed by atoms with Gasteiger partial charge in [0.05, 0.1) is 4.91 Å². The summed E-state index contributed by atoms with van der Waals surface area (Å²) >= 11 is 6.50. The van der Waals surface area contributed by atoms with Crippen LogP contribution in [0.25, 0.3) is 6.08 Å². The summed E-state index contributed by atoms with van der Waals surface area (Å²) < 4.78 is 0. The van der Waals surface area contributed by atoms with Crippen molar-refractivity contribution in [2.24, 2.45) is 0 Å². The number of benzene rings is 1. The van der Waals surface area contributed by atoms with Crippen LogP contribution in [-0.2, 0) is 14.4 Å². The van der Waals surface area contributed by atoms with Crippen LogP contribution in [0, 0.1) is 0 Å². The van der Waals surface area contributed by atoms with Gasteiger partial charge < -0.3 is 15.5 Å². The molecule has 1 saturated heterocycles. The third kappa shape index (κ3) is 5.24. The van der Waals surface area contributed by atoms with Gasteiger partial charge in [-0.25, -0.2) is 0 Å². The van der Waals surface area contributed by atoms with Crippen LogP contribution in [0.2, 0.25) is 5.02 Å². The van der Waals surface area contributed by atoms with Gasteiger partial charge in [-0.3, -0.25) is 24.1 Å². The van der Waals surface area contributed by atoms with Crippen molar-refractivity contribution in [1.82, 2.24) is 10.2 Å². The fourth-order valence-corrected chi connectivity index (χ4v) is 3.10. The Hall–Kier alpha value is -2.52. The Morgan fingerprint density at radius 3 is 2.73 bits per heavy atom. The first-order chi connectivity index (χ1) is 12.3. The van der Waals surface area contributed by atoms with E-state index in [1.54, 1.807) is 0 Å². The molecule has 0 bridgehead atoms. The molecule has 2 rings (SSSR count). The second-order valence-electron chi connectivity index (χ2n) is 5.32. The lowest BCUT2D eigenvalue weighted by Crippen LogP contribution is -2.39. The Balaban J connectivity index is 2.00. The molecule has 138 valence electrons. The van der Waals surface area contributed by atoms with Gasteiger partial charge in [-0.05, 0) is 42.5 Å². The molecule has 1 aromatic carbocycles. The Kier molecular flexibility index (Phi) is 6.64. The predicted octanol–water partition coefficient (Wildman–Crippen LogP) is 2.06. The van der Waals surface area contributed by atoms with Crippen LogP contribution in [0.5, 0.6) is 5.75 Å². The van der Waals surface area contributed by atoms with E-state index in [0.29, 0.717) is 16.8 Å². The van der Waals surface area contributed by atoms with Crippen molar-refractivity contribution in [1.29, 1.82) is 0 Å². The third-order valence-electron chi connectivity index (χ3n) is 3.34. The van der Waals surface area contributed by atoms with Crippen molar-refractivity contribution >= 4 is 52.5 Å². The molecule has 0 spiro atoms. The largest absolute Gasteiger partial charge is 0.507 e. The summed E-state index contributed by atoms with van der Waals surface area (Å²) in [7, 11) is 0. The highest BCUT2D eigenvalue weighted by atomic mass is 35.5. The van der Waals surface area contributed by atoms with Crippen molar-refractivity contribution in [2.75, 3.05) is 13.1 Å². The summed E-state index contributed by atoms with van der Waals surface area (Å²) in [5.41, 5.74) is 0.279. The first-order valence-corrected chi connectivity index (χ1v) is 8.69. The molecule has 1 aliphatic heterocycles. The van der Waals surface area contributed by atoms with Gasteiger partial charge in [-0.15, -0.1) is 0 Å². The third-order valence-corrected chi connectivity index (χ3v) is 4.48. The minimum atomic E-state index is -0.973. The molecule has 3 amide bonds. The first-order valence-electron chi connectivity index (χ1n) is 7.50. The standard InChI is InChI=1S/C16H15ClN2O6S/c17-10-3-4-11(20)9(6-10)7-12-15(24)19(16(25)26-12)8-13(21)18-5-1-2-14(22)23/h3-4,6-7,20H,1-2,5,8H2,(H,18,21)(H,22,23)/b12-7-. The van der Waals surface area contributed by atoms with Gasteiger partial charge in [-0.2, -0.15) is 0 Å². The van der Waals surface area contributed by atoms with Crippen LogP contribution in [0.1, 0.15) is 18.4 Å². The maximum absolute atomic E-state index is 12.3. The van der Waals surface area contributed by atoms with Crippen molar-refractivity contribution in [3.63, 3.8) is 0 Å². The number of nitrogens with one attached hydrogen (secondary N) is 1. The molecule has 26 heavy (non-hydrogen) atoms. The molecule has 0 aliphatic carbocycles. The number of carboxylic acid groups (broad SMARTS) is 1. The molecule has 0 radical (unpaired) electrons. The first kappa shape index (κ1) is 19.8. The van der Waals surface area contributed by atoms with E-state index >= 15 is 0 Å². The lowest BCUT2D eigenvalue weighted by Gasteiger charge is -2.12. The van der Waals surface area contributed by atoms with E-state index in [1.165, 1.54) is 24.3 Å². The summed E-state index contributed by atoms with van der Waals surface area (Å²) in [6, 6.07) is 4.29. The van der Waals surface area contributed by atoms with Crippen LogP contribution >= 0.6 is 23.4 Å². The van der Waals surface area contributed by atoms with Gasteiger partial charge in [0.25, 0.3) is 11.1 Å². The van der Waals surface area contributed by atoms with Gasteiger partial charge >= 0.3 is 5.97 Å². The monoisotopic (exact) mass is 398 g/mol. The topological polar surface area (TPSA) is 124 Å². The molecule has 1 aromatic rings. The van der Waals surface area contributed by atoms with E-state index < -0.39 is 29.6 Å². The number of rotatable bonds is 7. The van der Waals surface area contributed by atoms with Gasteiger partial charge in [0.2, 0.25) is 5.91 Å². The number of aliphatic carboxylic acids is 1. The zero-order valence-electron chi connectivity index (χ0n) is 13.4. The Morgan fingerprint density at radius 2 is 2.04 bits per heavy atom. The maximum atomic E-state index is 12.3. The van der Waals surface area contributed by atoms with Crippen LogP contribution in [-0.4, -0.2) is 51.2 Å². The molecule has 1 heterocycles. The number of amides is 3. The van der Waals surface area contributed by atoms with Crippen LogP contribution in [0.4, 0.5) is 4.79 Å². The summed E-state index contributed by atoms with van der Waals surface area (Å²) in [6.45, 7) is -0.329. The lowest BCUT2D eigenvalue weighted by atomic mass is 10.2. The van der Waals surface area contributed by atoms with Crippen molar-refractivity contribution in [3.8, 4) is 5.75 Å². The zero-order chi connectivity index (χ0) is 19.3. The number of hydrogen-bond donors (Lipinski definition) is 3. The molecule has 0 atom stereocenters. The summed E-state index contributed by atoms with van der Waals surface area (Å²) in [6.07, 6.45) is 1.49. The number of carbonyl (C=O) groups excluding carboxylic acids is 3. The number of halogens is 1. The van der Waals surface area contributed by atoms with Crippen LogP contribution < -0.4 is 5.32 Å². The molecule has 10 heteroatoms. The van der Waals surface area contributed by atoms with Crippen LogP contribution in [0.15, 0.2) is 23.1 Å². The van der Waals surface area contributed by atoms with E-state index in [0.717, 1.165) is 4.90 Å². The molecule has 0 aromatic heterocycles. The number of carbonyl (C=O) groups is 4. The number of phenols is 1. The lowest BCUT2D eigenvalue weighted by molar-refractivity contribution is -0.137. The number of imide groups is 1. The Labute approximate surface area is 157 Å². The molecule has 0 saturated carbocycles. The Bertz CT molecular complexity index is 795. The number of aromatic hydroxyl groups is 1. The summed E-state index contributed by atoms with van der Waals surface area (Å²) in [5, 5.41) is 20.5. The summed E-state index contributed by atoms with van der Waals surface area (Å²) in [5.74, 6) is -2.29. The smallest absolute Gasteiger partial charge is 0.303 e. The van der Waals surface area contributed by atoms with Gasteiger partial charge in [0, 0.05) is 23.6 Å². The minimum Gasteiger partial charge on any atom is -0.507 e. The van der Waals surface area contributed by atoms with E-state index in [9.17, 15) is 24.3 Å². The minimum absolute atomic E-state index is 0.0613. The number of carboxylic acids is 1. The molecule has 1 aliphatic rings. The van der Waals surface area contributed by atoms with E-state index in [2.05, 4.69) is 5.32 Å². The fourth-order valence-electron chi connectivity index (χ4n) is 2.09. The Morgan fingerprint density at radius 1 is 1.31 bits per heavy atom. The van der Waals surface area contributed by atoms with Gasteiger partial charge in [-0.1, -0.05) is 11.6 Å².